The number of amides is 1. The van der Waals surface area contributed by atoms with E-state index in [9.17, 15) is 4.79 Å². The van der Waals surface area contributed by atoms with Crippen LogP contribution in [0.2, 0.25) is 5.15 Å². The van der Waals surface area contributed by atoms with Crippen LogP contribution in [-0.2, 0) is 0 Å². The molecule has 0 aliphatic heterocycles. The lowest BCUT2D eigenvalue weighted by Gasteiger charge is -2.04. The van der Waals surface area contributed by atoms with E-state index in [0.29, 0.717) is 11.6 Å². The van der Waals surface area contributed by atoms with Gasteiger partial charge in [0.1, 0.15) is 10.8 Å². The summed E-state index contributed by atoms with van der Waals surface area (Å²) in [6, 6.07) is 3.32. The van der Waals surface area contributed by atoms with Crippen LogP contribution in [-0.4, -0.2) is 28.0 Å². The number of pyridine rings is 1. The highest BCUT2D eigenvalue weighted by Gasteiger charge is 2.08. The lowest BCUT2D eigenvalue weighted by atomic mass is 10.3. The fraction of sp³-hybridized carbons (Fsp3) is 0.0909. The zero-order valence-corrected chi connectivity index (χ0v) is 10.2. The van der Waals surface area contributed by atoms with Crippen LogP contribution in [0.15, 0.2) is 30.7 Å². The van der Waals surface area contributed by atoms with Crippen molar-refractivity contribution in [2.24, 2.45) is 0 Å². The second-order valence-corrected chi connectivity index (χ2v) is 3.65. The van der Waals surface area contributed by atoms with Crippen LogP contribution in [0.4, 0.5) is 5.69 Å². The highest BCUT2D eigenvalue weighted by Crippen LogP contribution is 2.12. The van der Waals surface area contributed by atoms with E-state index in [2.05, 4.69) is 20.3 Å². The minimum absolute atomic E-state index is 0.176. The molecule has 0 fully saturated rings. The van der Waals surface area contributed by atoms with E-state index < -0.39 is 0 Å². The van der Waals surface area contributed by atoms with Gasteiger partial charge in [-0.15, -0.1) is 0 Å². The number of methoxy groups -OCH3 is 1. The van der Waals surface area contributed by atoms with E-state index in [4.69, 9.17) is 16.3 Å². The summed E-state index contributed by atoms with van der Waals surface area (Å²) in [6.45, 7) is 0. The number of halogens is 1. The Labute approximate surface area is 108 Å². The molecule has 0 aromatic carbocycles. The van der Waals surface area contributed by atoms with Gasteiger partial charge >= 0.3 is 0 Å². The molecule has 0 bridgehead atoms. The topological polar surface area (TPSA) is 77.0 Å². The number of nitrogens with zero attached hydrogens (tertiary/aromatic N) is 3. The first-order chi connectivity index (χ1) is 8.69. The molecule has 0 saturated carbocycles. The molecule has 92 valence electrons. The number of hydrogen-bond acceptors (Lipinski definition) is 5. The molecule has 2 aromatic heterocycles. The Morgan fingerprint density at radius 2 is 2.06 bits per heavy atom. The molecule has 0 aliphatic rings. The molecule has 2 aromatic rings. The second-order valence-electron chi connectivity index (χ2n) is 3.27. The number of rotatable bonds is 3. The molecule has 0 aliphatic carbocycles. The third-order valence-electron chi connectivity index (χ3n) is 2.06. The summed E-state index contributed by atoms with van der Waals surface area (Å²) in [5.41, 5.74) is 0.716. The number of ether oxygens (including phenoxy) is 1. The average molecular weight is 265 g/mol. The smallest absolute Gasteiger partial charge is 0.275 e. The Morgan fingerprint density at radius 1 is 1.22 bits per heavy atom. The highest BCUT2D eigenvalue weighted by atomic mass is 35.5. The zero-order chi connectivity index (χ0) is 13.0. The summed E-state index contributed by atoms with van der Waals surface area (Å²) in [6.07, 6.45) is 4.09. The quantitative estimate of drug-likeness (QED) is 0.914. The average Bonchev–Trinajstić information content (AvgIpc) is 2.40. The molecule has 0 atom stereocenters. The maximum Gasteiger partial charge on any atom is 0.275 e. The zero-order valence-electron chi connectivity index (χ0n) is 9.42. The molecular weight excluding hydrogens is 256 g/mol. The summed E-state index contributed by atoms with van der Waals surface area (Å²) >= 11 is 5.58. The molecule has 18 heavy (non-hydrogen) atoms. The second kappa shape index (κ2) is 5.42. The third kappa shape index (κ3) is 2.92. The summed E-state index contributed by atoms with van der Waals surface area (Å²) in [7, 11) is 1.52. The molecule has 1 amide bonds. The van der Waals surface area contributed by atoms with Crippen LogP contribution < -0.4 is 10.1 Å². The number of anilines is 1. The predicted molar refractivity (Wildman–Crippen MR) is 65.8 cm³/mol. The van der Waals surface area contributed by atoms with Gasteiger partial charge in [-0.2, -0.15) is 0 Å². The minimum atomic E-state index is -0.383. The Kier molecular flexibility index (Phi) is 3.69. The van der Waals surface area contributed by atoms with Crippen LogP contribution >= 0.6 is 11.6 Å². The number of aromatic nitrogens is 3. The van der Waals surface area contributed by atoms with Crippen LogP contribution in [0.1, 0.15) is 10.5 Å². The molecule has 0 spiro atoms. The van der Waals surface area contributed by atoms with Crippen LogP contribution in [0.25, 0.3) is 0 Å². The van der Waals surface area contributed by atoms with Crippen molar-refractivity contribution in [2.45, 2.75) is 0 Å². The van der Waals surface area contributed by atoms with Gasteiger partial charge in [-0.25, -0.2) is 15.0 Å². The van der Waals surface area contributed by atoms with Gasteiger partial charge in [-0.05, 0) is 6.07 Å². The van der Waals surface area contributed by atoms with Gasteiger partial charge in [0.2, 0.25) is 5.88 Å². The molecule has 1 N–H and O–H groups in total. The predicted octanol–water partition coefficient (Wildman–Crippen LogP) is 1.79. The van der Waals surface area contributed by atoms with Gasteiger partial charge in [0.15, 0.2) is 0 Å². The van der Waals surface area contributed by atoms with Gasteiger partial charge in [0.25, 0.3) is 5.91 Å². The van der Waals surface area contributed by atoms with Gasteiger partial charge in [-0.1, -0.05) is 11.6 Å². The molecule has 0 saturated heterocycles. The van der Waals surface area contributed by atoms with E-state index in [-0.39, 0.29) is 16.8 Å². The van der Waals surface area contributed by atoms with Crippen molar-refractivity contribution >= 4 is 23.2 Å². The van der Waals surface area contributed by atoms with E-state index in [1.807, 2.05) is 0 Å². The Hall–Kier alpha value is -2.21. The largest absolute Gasteiger partial charge is 0.481 e. The first-order valence-electron chi connectivity index (χ1n) is 4.98. The van der Waals surface area contributed by atoms with Crippen LogP contribution in [0.3, 0.4) is 0 Å². The van der Waals surface area contributed by atoms with E-state index in [1.165, 1.54) is 25.7 Å². The number of carbonyl (C=O) groups excluding carboxylic acids is 1. The molecule has 2 rings (SSSR count). The summed E-state index contributed by atoms with van der Waals surface area (Å²) in [5, 5.41) is 2.86. The van der Waals surface area contributed by atoms with Crippen molar-refractivity contribution in [1.29, 1.82) is 0 Å². The number of carbonyl (C=O) groups is 1. The van der Waals surface area contributed by atoms with Crippen molar-refractivity contribution in [2.75, 3.05) is 12.4 Å². The lowest BCUT2D eigenvalue weighted by Crippen LogP contribution is -2.14. The molecule has 6 nitrogen and oxygen atoms in total. The third-order valence-corrected chi connectivity index (χ3v) is 2.25. The summed E-state index contributed by atoms with van der Waals surface area (Å²) in [5.74, 6) is 0.0883. The lowest BCUT2D eigenvalue weighted by molar-refractivity contribution is 0.102. The fourth-order valence-corrected chi connectivity index (χ4v) is 1.30. The summed E-state index contributed by atoms with van der Waals surface area (Å²) in [4.78, 5) is 23.4. The first-order valence-corrected chi connectivity index (χ1v) is 5.36. The molecule has 0 radical (unpaired) electrons. The van der Waals surface area contributed by atoms with E-state index in [1.54, 1.807) is 12.1 Å². The maximum atomic E-state index is 11.8. The van der Waals surface area contributed by atoms with Crippen LogP contribution in [0, 0.1) is 0 Å². The highest BCUT2D eigenvalue weighted by molar-refractivity contribution is 6.29. The van der Waals surface area contributed by atoms with Gasteiger partial charge < -0.3 is 10.1 Å². The number of nitrogens with one attached hydrogen (secondary N) is 1. The molecule has 0 unspecified atom stereocenters. The van der Waals surface area contributed by atoms with Gasteiger partial charge in [0, 0.05) is 6.07 Å². The van der Waals surface area contributed by atoms with Crippen LogP contribution in [0.5, 0.6) is 5.88 Å². The van der Waals surface area contributed by atoms with E-state index >= 15 is 0 Å². The maximum absolute atomic E-state index is 11.8. The Bertz CT molecular complexity index is 542. The molecular formula is C11H9ClN4O2. The van der Waals surface area contributed by atoms with Crippen molar-refractivity contribution in [3.63, 3.8) is 0 Å². The SMILES string of the molecule is COc1ccc(NC(=O)c2cnc(Cl)cn2)cn1. The van der Waals surface area contributed by atoms with Crippen molar-refractivity contribution in [1.82, 2.24) is 15.0 Å². The van der Waals surface area contributed by atoms with E-state index in [0.717, 1.165) is 0 Å². The Morgan fingerprint density at radius 3 is 2.61 bits per heavy atom. The summed E-state index contributed by atoms with van der Waals surface area (Å²) < 4.78 is 4.91. The first kappa shape index (κ1) is 12.3. The minimum Gasteiger partial charge on any atom is -0.481 e. The standard InChI is InChI=1S/C11H9ClN4O2/c1-18-10-3-2-7(4-15-10)16-11(17)8-5-14-9(12)6-13-8/h2-6H,1H3,(H,16,17). The molecule has 7 heteroatoms. The monoisotopic (exact) mass is 264 g/mol. The van der Waals surface area contributed by atoms with Crippen molar-refractivity contribution in [3.05, 3.63) is 41.6 Å². The van der Waals surface area contributed by atoms with Crippen molar-refractivity contribution < 1.29 is 9.53 Å². The van der Waals surface area contributed by atoms with Crippen molar-refractivity contribution in [3.8, 4) is 5.88 Å². The molecule has 2 heterocycles. The Balaban J connectivity index is 2.08. The fourth-order valence-electron chi connectivity index (χ4n) is 1.20. The van der Waals surface area contributed by atoms with Gasteiger partial charge in [0.05, 0.1) is 31.4 Å². The van der Waals surface area contributed by atoms with Gasteiger partial charge in [-0.3, -0.25) is 4.79 Å². The normalized spacial score (nSPS) is 9.89. The number of hydrogen-bond donors (Lipinski definition) is 1.